The van der Waals surface area contributed by atoms with E-state index >= 15 is 0 Å². The zero-order chi connectivity index (χ0) is 6.10. The maximum absolute atomic E-state index is 5.11. The Kier molecular flexibility index (Phi) is 1.06. The highest BCUT2D eigenvalue weighted by molar-refractivity contribution is 5.27. The van der Waals surface area contributed by atoms with Crippen LogP contribution in [-0.4, -0.2) is 11.6 Å². The van der Waals surface area contributed by atoms with Gasteiger partial charge in [-0.2, -0.15) is 0 Å². The highest BCUT2D eigenvalue weighted by Gasteiger charge is 2.08. The van der Waals surface area contributed by atoms with Gasteiger partial charge in [-0.05, 0) is 6.07 Å². The fourth-order valence-electron chi connectivity index (χ4n) is 1.05. The average molecular weight is 122 g/mol. The first-order valence-corrected chi connectivity index (χ1v) is 3.08. The van der Waals surface area contributed by atoms with E-state index in [4.69, 9.17) is 4.74 Å². The van der Waals surface area contributed by atoms with E-state index in [0.29, 0.717) is 0 Å². The van der Waals surface area contributed by atoms with Gasteiger partial charge in [-0.3, -0.25) is 0 Å². The lowest BCUT2D eigenvalue weighted by Crippen LogP contribution is -2.05. The van der Waals surface area contributed by atoms with Gasteiger partial charge in [0.1, 0.15) is 6.61 Å². The van der Waals surface area contributed by atoms with Gasteiger partial charge in [-0.1, -0.05) is 0 Å². The number of hydrogen-bond acceptors (Lipinski definition) is 1. The summed E-state index contributed by atoms with van der Waals surface area (Å²) >= 11 is 0. The summed E-state index contributed by atoms with van der Waals surface area (Å²) in [6, 6.07) is 2.02. The van der Waals surface area contributed by atoms with Gasteiger partial charge in [-0.15, -0.1) is 0 Å². The molecular weight excluding hydrogens is 114 g/mol. The summed E-state index contributed by atoms with van der Waals surface area (Å²) in [5.74, 6) is 0. The molecule has 0 bridgehead atoms. The Labute approximate surface area is 53.8 Å². The van der Waals surface area contributed by atoms with Crippen LogP contribution in [0.5, 0.6) is 0 Å². The molecule has 1 radical (unpaired) electrons. The molecule has 2 nitrogen and oxygen atoms in total. The standard InChI is InChI=1S/C7H8NO/c1-3-8-7-2-4-9-5-6(1)7/h1,3,5,8H,2,4H2. The lowest BCUT2D eigenvalue weighted by Gasteiger charge is -2.09. The van der Waals surface area contributed by atoms with Gasteiger partial charge >= 0.3 is 0 Å². The molecule has 0 fully saturated rings. The molecule has 0 amide bonds. The first-order valence-electron chi connectivity index (χ1n) is 3.08. The Morgan fingerprint density at radius 3 is 3.44 bits per heavy atom. The predicted octanol–water partition coefficient (Wildman–Crippen LogP) is 1.10. The summed E-state index contributed by atoms with van der Waals surface area (Å²) in [4.78, 5) is 3.15. The fraction of sp³-hybridized carbons (Fsp3) is 0.286. The maximum atomic E-state index is 5.11. The molecule has 1 N–H and O–H groups in total. The van der Waals surface area contributed by atoms with Crippen LogP contribution in [0, 0.1) is 6.61 Å². The van der Waals surface area contributed by atoms with E-state index in [0.717, 1.165) is 13.0 Å². The monoisotopic (exact) mass is 122 g/mol. The third-order valence-electron chi connectivity index (χ3n) is 1.55. The third-order valence-corrected chi connectivity index (χ3v) is 1.55. The van der Waals surface area contributed by atoms with Crippen molar-refractivity contribution in [1.82, 2.24) is 4.98 Å². The maximum Gasteiger partial charge on any atom is 0.115 e. The molecule has 1 aromatic heterocycles. The smallest absolute Gasteiger partial charge is 0.115 e. The van der Waals surface area contributed by atoms with Crippen molar-refractivity contribution >= 4 is 0 Å². The van der Waals surface area contributed by atoms with E-state index in [2.05, 4.69) is 4.98 Å². The van der Waals surface area contributed by atoms with E-state index in [9.17, 15) is 0 Å². The van der Waals surface area contributed by atoms with Crippen molar-refractivity contribution in [3.8, 4) is 0 Å². The van der Waals surface area contributed by atoms with Crippen molar-refractivity contribution in [3.63, 3.8) is 0 Å². The Hall–Kier alpha value is -0.760. The molecule has 2 rings (SSSR count). The second-order valence-corrected chi connectivity index (χ2v) is 2.15. The summed E-state index contributed by atoms with van der Waals surface area (Å²) in [6.07, 6.45) is 2.95. The molecule has 2 heteroatoms. The minimum absolute atomic E-state index is 0.813. The van der Waals surface area contributed by atoms with Crippen LogP contribution in [-0.2, 0) is 11.2 Å². The normalized spacial score (nSPS) is 17.3. The summed E-state index contributed by atoms with van der Waals surface area (Å²) in [7, 11) is 0. The second-order valence-electron chi connectivity index (χ2n) is 2.15. The Balaban J connectivity index is 2.39. The molecule has 2 heterocycles. The van der Waals surface area contributed by atoms with Crippen LogP contribution in [0.15, 0.2) is 12.3 Å². The van der Waals surface area contributed by atoms with Crippen LogP contribution >= 0.6 is 0 Å². The molecule has 0 unspecified atom stereocenters. The third kappa shape index (κ3) is 0.754. The molecule has 0 atom stereocenters. The number of hydrogen-bond donors (Lipinski definition) is 1. The van der Waals surface area contributed by atoms with Crippen molar-refractivity contribution < 1.29 is 4.74 Å². The number of ether oxygens (including phenoxy) is 1. The zero-order valence-corrected chi connectivity index (χ0v) is 5.05. The first-order chi connectivity index (χ1) is 4.47. The molecule has 0 aromatic carbocycles. The number of aromatic nitrogens is 1. The Morgan fingerprint density at radius 2 is 2.56 bits per heavy atom. The van der Waals surface area contributed by atoms with Crippen molar-refractivity contribution in [2.24, 2.45) is 0 Å². The topological polar surface area (TPSA) is 25.0 Å². The van der Waals surface area contributed by atoms with Crippen LogP contribution < -0.4 is 0 Å². The van der Waals surface area contributed by atoms with Gasteiger partial charge in [0.25, 0.3) is 0 Å². The molecule has 1 aliphatic heterocycles. The van der Waals surface area contributed by atoms with Gasteiger partial charge in [0.2, 0.25) is 0 Å². The van der Waals surface area contributed by atoms with Crippen LogP contribution in [0.2, 0.25) is 0 Å². The number of fused-ring (bicyclic) bond motifs is 1. The van der Waals surface area contributed by atoms with E-state index in [1.54, 1.807) is 6.61 Å². The van der Waals surface area contributed by atoms with Crippen LogP contribution in [0.3, 0.4) is 0 Å². The van der Waals surface area contributed by atoms with Gasteiger partial charge in [0, 0.05) is 23.9 Å². The molecule has 0 saturated carbocycles. The Morgan fingerprint density at radius 1 is 1.56 bits per heavy atom. The molecule has 0 spiro atoms. The van der Waals surface area contributed by atoms with Gasteiger partial charge in [-0.25, -0.2) is 0 Å². The summed E-state index contributed by atoms with van der Waals surface area (Å²) < 4.78 is 5.11. The van der Waals surface area contributed by atoms with E-state index in [1.165, 1.54) is 11.3 Å². The molecule has 0 aliphatic carbocycles. The van der Waals surface area contributed by atoms with Crippen molar-refractivity contribution in [2.45, 2.75) is 6.42 Å². The first kappa shape index (κ1) is 5.06. The molecular formula is C7H8NO. The number of nitrogens with one attached hydrogen (secondary N) is 1. The van der Waals surface area contributed by atoms with Crippen molar-refractivity contribution in [1.29, 1.82) is 0 Å². The summed E-state index contributed by atoms with van der Waals surface area (Å²) in [5.41, 5.74) is 2.49. The van der Waals surface area contributed by atoms with Crippen LogP contribution in [0.4, 0.5) is 0 Å². The van der Waals surface area contributed by atoms with E-state index in [-0.39, 0.29) is 0 Å². The van der Waals surface area contributed by atoms with Crippen molar-refractivity contribution in [3.05, 3.63) is 30.1 Å². The average Bonchev–Trinajstić information content (AvgIpc) is 2.33. The largest absolute Gasteiger partial charge is 0.370 e. The molecule has 1 aliphatic rings. The molecule has 0 saturated heterocycles. The number of aromatic amines is 1. The predicted molar refractivity (Wildman–Crippen MR) is 33.9 cm³/mol. The molecule has 9 heavy (non-hydrogen) atoms. The van der Waals surface area contributed by atoms with Crippen LogP contribution in [0.1, 0.15) is 11.3 Å². The highest BCUT2D eigenvalue weighted by Crippen LogP contribution is 2.15. The quantitative estimate of drug-likeness (QED) is 0.547. The van der Waals surface area contributed by atoms with Gasteiger partial charge in [0.05, 0.1) is 6.61 Å². The second kappa shape index (κ2) is 1.88. The number of H-pyrrole nitrogens is 1. The lowest BCUT2D eigenvalue weighted by molar-refractivity contribution is 0.203. The lowest BCUT2D eigenvalue weighted by atomic mass is 10.2. The minimum atomic E-state index is 0.813. The summed E-state index contributed by atoms with van der Waals surface area (Å²) in [6.45, 7) is 2.61. The van der Waals surface area contributed by atoms with Gasteiger partial charge in [0.15, 0.2) is 0 Å². The van der Waals surface area contributed by atoms with Crippen LogP contribution in [0.25, 0.3) is 0 Å². The summed E-state index contributed by atoms with van der Waals surface area (Å²) in [5, 5.41) is 0. The minimum Gasteiger partial charge on any atom is -0.370 e. The van der Waals surface area contributed by atoms with E-state index in [1.807, 2.05) is 12.3 Å². The van der Waals surface area contributed by atoms with Gasteiger partial charge < -0.3 is 9.72 Å². The van der Waals surface area contributed by atoms with E-state index < -0.39 is 0 Å². The number of rotatable bonds is 0. The SMILES string of the molecule is [CH]1OCCc2[nH]ccc21. The highest BCUT2D eigenvalue weighted by atomic mass is 16.5. The molecule has 1 aromatic rings. The fourth-order valence-corrected chi connectivity index (χ4v) is 1.05. The van der Waals surface area contributed by atoms with Crippen molar-refractivity contribution in [2.75, 3.05) is 6.61 Å². The molecule has 47 valence electrons. The zero-order valence-electron chi connectivity index (χ0n) is 5.05. The Bertz CT molecular complexity index is 184.